The van der Waals surface area contributed by atoms with Crippen molar-refractivity contribution in [1.82, 2.24) is 9.78 Å². The summed E-state index contributed by atoms with van der Waals surface area (Å²) in [4.78, 5) is 26.7. The number of aryl methyl sites for hydroxylation is 1. The first-order valence-corrected chi connectivity index (χ1v) is 9.51. The van der Waals surface area contributed by atoms with Crippen molar-refractivity contribution in [1.29, 1.82) is 0 Å². The van der Waals surface area contributed by atoms with Gasteiger partial charge in [0.2, 0.25) is 5.91 Å². The Hall–Kier alpha value is -2.83. The van der Waals surface area contributed by atoms with Crippen LogP contribution in [0.1, 0.15) is 54.0 Å². The van der Waals surface area contributed by atoms with Gasteiger partial charge in [0, 0.05) is 31.4 Å². The fourth-order valence-electron chi connectivity index (χ4n) is 3.58. The summed E-state index contributed by atoms with van der Waals surface area (Å²) in [6, 6.07) is 6.95. The van der Waals surface area contributed by atoms with Gasteiger partial charge in [-0.15, -0.1) is 0 Å². The Morgan fingerprint density at radius 3 is 2.85 bits per heavy atom. The van der Waals surface area contributed by atoms with E-state index in [-0.39, 0.29) is 5.91 Å². The minimum Gasteiger partial charge on any atom is -0.370 e. The van der Waals surface area contributed by atoms with Crippen molar-refractivity contribution < 1.29 is 9.59 Å². The van der Waals surface area contributed by atoms with Crippen molar-refractivity contribution in [3.8, 4) is 0 Å². The van der Waals surface area contributed by atoms with Crippen molar-refractivity contribution in [2.75, 3.05) is 23.3 Å². The predicted octanol–water partition coefficient (Wildman–Crippen LogP) is 2.88. The molecule has 0 saturated carbocycles. The lowest BCUT2D eigenvalue weighted by atomic mass is 9.99. The topological polar surface area (TPSA) is 93.2 Å². The number of benzene rings is 1. The van der Waals surface area contributed by atoms with E-state index in [1.165, 1.54) is 6.42 Å². The smallest absolute Gasteiger partial charge is 0.273 e. The number of anilines is 2. The van der Waals surface area contributed by atoms with Gasteiger partial charge in [0.05, 0.1) is 11.4 Å². The van der Waals surface area contributed by atoms with Gasteiger partial charge in [-0.25, -0.2) is 0 Å². The third-order valence-corrected chi connectivity index (χ3v) is 4.91. The number of amides is 2. The molecule has 7 heteroatoms. The molecule has 1 aromatic heterocycles. The lowest BCUT2D eigenvalue weighted by Gasteiger charge is -2.34. The Labute approximate surface area is 159 Å². The maximum Gasteiger partial charge on any atom is 0.273 e. The third kappa shape index (κ3) is 4.30. The van der Waals surface area contributed by atoms with Gasteiger partial charge in [0.15, 0.2) is 0 Å². The van der Waals surface area contributed by atoms with E-state index in [0.717, 1.165) is 31.6 Å². The number of hydrogen-bond acceptors (Lipinski definition) is 4. The van der Waals surface area contributed by atoms with Gasteiger partial charge in [0.1, 0.15) is 5.69 Å². The molecule has 1 atom stereocenters. The molecule has 7 nitrogen and oxygen atoms in total. The van der Waals surface area contributed by atoms with Gasteiger partial charge in [-0.2, -0.15) is 5.10 Å². The van der Waals surface area contributed by atoms with Crippen LogP contribution in [-0.4, -0.2) is 34.7 Å². The van der Waals surface area contributed by atoms with Crippen molar-refractivity contribution in [2.24, 2.45) is 11.7 Å². The quantitative estimate of drug-likeness (QED) is 0.819. The highest BCUT2D eigenvalue weighted by atomic mass is 16.2. The highest BCUT2D eigenvalue weighted by molar-refractivity contribution is 6.06. The number of piperidine rings is 1. The molecule has 0 bridgehead atoms. The van der Waals surface area contributed by atoms with Crippen LogP contribution >= 0.6 is 0 Å². The van der Waals surface area contributed by atoms with Gasteiger partial charge in [-0.3, -0.25) is 14.3 Å². The number of aromatic nitrogens is 2. The van der Waals surface area contributed by atoms with E-state index in [2.05, 4.69) is 22.2 Å². The minimum absolute atomic E-state index is 0.242. The second-order valence-corrected chi connectivity index (χ2v) is 7.18. The molecule has 3 N–H and O–H groups in total. The summed E-state index contributed by atoms with van der Waals surface area (Å²) in [5, 5.41) is 7.18. The van der Waals surface area contributed by atoms with E-state index in [9.17, 15) is 9.59 Å². The molecule has 1 saturated heterocycles. The minimum atomic E-state index is -0.514. The fraction of sp³-hybridized carbons (Fsp3) is 0.450. The molecule has 1 aliphatic rings. The summed E-state index contributed by atoms with van der Waals surface area (Å²) >= 11 is 0. The first-order valence-electron chi connectivity index (χ1n) is 9.51. The molecule has 1 fully saturated rings. The SMILES string of the molecule is CCCn1nccc1C(=O)Nc1cc(C(N)=O)ccc1N1CCC[C@@H](C)C1. The van der Waals surface area contributed by atoms with E-state index in [0.29, 0.717) is 29.4 Å². The fourth-order valence-corrected chi connectivity index (χ4v) is 3.58. The van der Waals surface area contributed by atoms with Gasteiger partial charge in [-0.1, -0.05) is 13.8 Å². The molecule has 0 radical (unpaired) electrons. The van der Waals surface area contributed by atoms with Crippen molar-refractivity contribution in [2.45, 2.75) is 39.7 Å². The molecule has 2 aromatic rings. The van der Waals surface area contributed by atoms with E-state index >= 15 is 0 Å². The molecule has 144 valence electrons. The van der Waals surface area contributed by atoms with E-state index in [1.807, 2.05) is 13.0 Å². The lowest BCUT2D eigenvalue weighted by Crippen LogP contribution is -2.35. The van der Waals surface area contributed by atoms with Crippen LogP contribution in [0.3, 0.4) is 0 Å². The Balaban J connectivity index is 1.91. The summed E-state index contributed by atoms with van der Waals surface area (Å²) in [6.07, 6.45) is 4.82. The van der Waals surface area contributed by atoms with Crippen molar-refractivity contribution in [3.63, 3.8) is 0 Å². The van der Waals surface area contributed by atoms with Crippen LogP contribution in [-0.2, 0) is 6.54 Å². The molecule has 27 heavy (non-hydrogen) atoms. The summed E-state index contributed by atoms with van der Waals surface area (Å²) < 4.78 is 1.69. The molecule has 3 rings (SSSR count). The average molecular weight is 369 g/mol. The van der Waals surface area contributed by atoms with Crippen molar-refractivity contribution >= 4 is 23.2 Å². The number of hydrogen-bond donors (Lipinski definition) is 2. The molecule has 0 aliphatic carbocycles. The number of primary amides is 1. The second-order valence-electron chi connectivity index (χ2n) is 7.18. The summed E-state index contributed by atoms with van der Waals surface area (Å²) in [6.45, 7) is 6.79. The van der Waals surface area contributed by atoms with Crippen LogP contribution in [0.4, 0.5) is 11.4 Å². The lowest BCUT2D eigenvalue weighted by molar-refractivity contribution is 0.0994. The molecule has 2 heterocycles. The molecular weight excluding hydrogens is 342 g/mol. The van der Waals surface area contributed by atoms with Crippen LogP contribution in [0.5, 0.6) is 0 Å². The monoisotopic (exact) mass is 369 g/mol. The number of rotatable bonds is 6. The number of carbonyl (C=O) groups is 2. The maximum absolute atomic E-state index is 12.8. The summed E-state index contributed by atoms with van der Waals surface area (Å²) in [7, 11) is 0. The van der Waals surface area contributed by atoms with Crippen LogP contribution < -0.4 is 16.0 Å². The van der Waals surface area contributed by atoms with Gasteiger partial charge >= 0.3 is 0 Å². The van der Waals surface area contributed by atoms with Crippen LogP contribution in [0.15, 0.2) is 30.5 Å². The highest BCUT2D eigenvalue weighted by Gasteiger charge is 2.21. The Kier molecular flexibility index (Phi) is 5.78. The summed E-state index contributed by atoms with van der Waals surface area (Å²) in [5.74, 6) is -0.168. The zero-order chi connectivity index (χ0) is 19.4. The number of nitrogens with two attached hydrogens (primary N) is 1. The second kappa shape index (κ2) is 8.24. The van der Waals surface area contributed by atoms with E-state index in [4.69, 9.17) is 5.73 Å². The predicted molar refractivity (Wildman–Crippen MR) is 106 cm³/mol. The Morgan fingerprint density at radius 2 is 2.15 bits per heavy atom. The third-order valence-electron chi connectivity index (χ3n) is 4.91. The van der Waals surface area contributed by atoms with Gasteiger partial charge in [0.25, 0.3) is 5.91 Å². The largest absolute Gasteiger partial charge is 0.370 e. The molecule has 0 spiro atoms. The zero-order valence-corrected chi connectivity index (χ0v) is 15.9. The van der Waals surface area contributed by atoms with E-state index in [1.54, 1.807) is 29.1 Å². The molecule has 0 unspecified atom stereocenters. The highest BCUT2D eigenvalue weighted by Crippen LogP contribution is 2.31. The normalized spacial score (nSPS) is 17.0. The van der Waals surface area contributed by atoms with Crippen LogP contribution in [0.25, 0.3) is 0 Å². The number of nitrogens with one attached hydrogen (secondary N) is 1. The first-order chi connectivity index (χ1) is 13.0. The van der Waals surface area contributed by atoms with E-state index < -0.39 is 5.91 Å². The standard InChI is InChI=1S/C20H27N5O2/c1-3-10-25-18(8-9-22-25)20(27)23-16-12-15(19(21)26)6-7-17(16)24-11-4-5-14(2)13-24/h6-9,12,14H,3-5,10-11,13H2,1-2H3,(H2,21,26)(H,23,27)/t14-/m1/s1. The van der Waals surface area contributed by atoms with Crippen molar-refractivity contribution in [3.05, 3.63) is 41.7 Å². The van der Waals surface area contributed by atoms with Gasteiger partial charge in [-0.05, 0) is 49.4 Å². The first kappa shape index (κ1) is 18.9. The summed E-state index contributed by atoms with van der Waals surface area (Å²) in [5.41, 5.74) is 7.84. The average Bonchev–Trinajstić information content (AvgIpc) is 3.10. The molecule has 1 aromatic carbocycles. The van der Waals surface area contributed by atoms with Gasteiger partial charge < -0.3 is 16.0 Å². The van der Waals surface area contributed by atoms with Crippen LogP contribution in [0, 0.1) is 5.92 Å². The molecular formula is C20H27N5O2. The Morgan fingerprint density at radius 1 is 1.33 bits per heavy atom. The molecule has 1 aliphatic heterocycles. The van der Waals surface area contributed by atoms with Crippen LogP contribution in [0.2, 0.25) is 0 Å². The number of carbonyl (C=O) groups excluding carboxylic acids is 2. The zero-order valence-electron chi connectivity index (χ0n) is 15.9. The number of nitrogens with zero attached hydrogens (tertiary/aromatic N) is 3. The Bertz CT molecular complexity index is 830. The molecule has 2 amide bonds. The maximum atomic E-state index is 12.8.